The van der Waals surface area contributed by atoms with Crippen LogP contribution in [0.25, 0.3) is 0 Å². The highest BCUT2D eigenvalue weighted by atomic mass is 35.5. The number of ether oxygens (including phenoxy) is 1. The van der Waals surface area contributed by atoms with Gasteiger partial charge in [-0.25, -0.2) is 8.42 Å². The normalized spacial score (nSPS) is 12.3. The summed E-state index contributed by atoms with van der Waals surface area (Å²) >= 11 is 12.8. The summed E-state index contributed by atoms with van der Waals surface area (Å²) in [6.45, 7) is 5.80. The van der Waals surface area contributed by atoms with E-state index in [0.717, 1.165) is 11.8 Å². The first-order valence-corrected chi connectivity index (χ1v) is 16.5. The molecule has 0 spiro atoms. The van der Waals surface area contributed by atoms with Crippen molar-refractivity contribution in [3.05, 3.63) is 94.0 Å². The van der Waals surface area contributed by atoms with Crippen molar-refractivity contribution in [3.63, 3.8) is 0 Å². The lowest BCUT2D eigenvalue weighted by atomic mass is 10.00. The fourth-order valence-corrected chi connectivity index (χ4v) is 6.04. The van der Waals surface area contributed by atoms with Gasteiger partial charge in [-0.15, -0.1) is 0 Å². The molecule has 0 aliphatic heterocycles. The van der Waals surface area contributed by atoms with Crippen LogP contribution in [0, 0.1) is 0 Å². The Morgan fingerprint density at radius 3 is 2.19 bits per heavy atom. The lowest BCUT2D eigenvalue weighted by Crippen LogP contribution is -2.54. The molecule has 3 aromatic rings. The number of nitrogens with zero attached hydrogens (tertiary/aromatic N) is 2. The Morgan fingerprint density at radius 1 is 0.953 bits per heavy atom. The average molecular weight is 649 g/mol. The highest BCUT2D eigenvalue weighted by Crippen LogP contribution is 2.30. The Labute approximate surface area is 265 Å². The van der Waals surface area contributed by atoms with E-state index in [-0.39, 0.29) is 42.8 Å². The number of anilines is 1. The summed E-state index contributed by atoms with van der Waals surface area (Å²) in [6, 6.07) is 20.6. The van der Waals surface area contributed by atoms with Crippen LogP contribution in [0.5, 0.6) is 5.75 Å². The zero-order chi connectivity index (χ0) is 31.8. The van der Waals surface area contributed by atoms with Crippen LogP contribution in [-0.4, -0.2) is 56.6 Å². The number of benzene rings is 3. The molecular formula is C32H39Cl2N3O5S. The van der Waals surface area contributed by atoms with Crippen LogP contribution in [0.2, 0.25) is 10.0 Å². The molecule has 0 saturated carbocycles. The number of hydrogen-bond acceptors (Lipinski definition) is 5. The number of hydrogen-bond donors (Lipinski definition) is 1. The molecule has 1 atom stereocenters. The molecule has 0 radical (unpaired) electrons. The number of amides is 2. The third kappa shape index (κ3) is 10.2. The molecule has 0 heterocycles. The number of halogens is 2. The molecule has 11 heteroatoms. The van der Waals surface area contributed by atoms with E-state index < -0.39 is 21.6 Å². The summed E-state index contributed by atoms with van der Waals surface area (Å²) in [6.07, 6.45) is 1.59. The standard InChI is InChI=1S/C32H39Cl2N3O5S/c1-32(2,3)35-31(39)28(20-23-12-7-6-8-13-23)36(22-24-14-9-10-15-26(24)33)30(38)16-11-19-37(43(5,40)41)25-17-18-29(42-4)27(34)21-25/h6-10,12-15,17-18,21,28H,11,16,19-20,22H2,1-5H3,(H,35,39). The molecule has 1 N–H and O–H groups in total. The summed E-state index contributed by atoms with van der Waals surface area (Å²) in [5, 5.41) is 3.78. The van der Waals surface area contributed by atoms with Crippen LogP contribution in [-0.2, 0) is 32.6 Å². The predicted molar refractivity (Wildman–Crippen MR) is 173 cm³/mol. The molecule has 0 bridgehead atoms. The quantitative estimate of drug-likeness (QED) is 0.242. The van der Waals surface area contributed by atoms with Crippen LogP contribution in [0.3, 0.4) is 0 Å². The SMILES string of the molecule is COc1ccc(N(CCCC(=O)N(Cc2ccccc2Cl)C(Cc2ccccc2)C(=O)NC(C)(C)C)S(C)(=O)=O)cc1Cl. The highest BCUT2D eigenvalue weighted by Gasteiger charge is 2.32. The van der Waals surface area contributed by atoms with Crippen LogP contribution in [0.15, 0.2) is 72.8 Å². The first kappa shape index (κ1) is 34.2. The maximum atomic E-state index is 14.0. The van der Waals surface area contributed by atoms with Crippen molar-refractivity contribution in [3.8, 4) is 5.75 Å². The summed E-state index contributed by atoms with van der Waals surface area (Å²) in [7, 11) is -2.22. The summed E-state index contributed by atoms with van der Waals surface area (Å²) in [5.41, 5.74) is 1.43. The van der Waals surface area contributed by atoms with Crippen molar-refractivity contribution in [1.82, 2.24) is 10.2 Å². The van der Waals surface area contributed by atoms with Gasteiger partial charge in [0.25, 0.3) is 0 Å². The Hall–Kier alpha value is -3.27. The van der Waals surface area contributed by atoms with E-state index in [1.54, 1.807) is 29.2 Å². The second-order valence-electron chi connectivity index (χ2n) is 11.3. The van der Waals surface area contributed by atoms with E-state index in [4.69, 9.17) is 27.9 Å². The second-order valence-corrected chi connectivity index (χ2v) is 14.0. The topological polar surface area (TPSA) is 96.0 Å². The van der Waals surface area contributed by atoms with Gasteiger partial charge < -0.3 is 15.0 Å². The average Bonchev–Trinajstić information content (AvgIpc) is 2.92. The van der Waals surface area contributed by atoms with Crippen molar-refractivity contribution in [2.24, 2.45) is 0 Å². The van der Waals surface area contributed by atoms with Crippen LogP contribution < -0.4 is 14.4 Å². The van der Waals surface area contributed by atoms with E-state index in [2.05, 4.69) is 5.32 Å². The van der Waals surface area contributed by atoms with Gasteiger partial charge in [-0.05, 0) is 62.6 Å². The maximum Gasteiger partial charge on any atom is 0.243 e. The number of rotatable bonds is 13. The highest BCUT2D eigenvalue weighted by molar-refractivity contribution is 7.92. The van der Waals surface area contributed by atoms with E-state index in [1.807, 2.05) is 63.2 Å². The Bertz CT molecular complexity index is 1510. The van der Waals surface area contributed by atoms with Gasteiger partial charge in [0, 0.05) is 36.5 Å². The smallest absolute Gasteiger partial charge is 0.243 e. The maximum absolute atomic E-state index is 14.0. The molecule has 3 aromatic carbocycles. The molecular weight excluding hydrogens is 609 g/mol. The molecule has 0 aliphatic rings. The van der Waals surface area contributed by atoms with E-state index >= 15 is 0 Å². The zero-order valence-corrected chi connectivity index (χ0v) is 27.5. The van der Waals surface area contributed by atoms with Crippen molar-refractivity contribution < 1.29 is 22.7 Å². The number of carbonyl (C=O) groups excluding carboxylic acids is 2. The first-order valence-electron chi connectivity index (χ1n) is 13.9. The molecule has 8 nitrogen and oxygen atoms in total. The molecule has 1 unspecified atom stereocenters. The van der Waals surface area contributed by atoms with Gasteiger partial charge in [0.05, 0.1) is 24.1 Å². The van der Waals surface area contributed by atoms with Gasteiger partial charge >= 0.3 is 0 Å². The van der Waals surface area contributed by atoms with Gasteiger partial charge in [0.2, 0.25) is 21.8 Å². The van der Waals surface area contributed by atoms with Gasteiger partial charge in [0.15, 0.2) is 0 Å². The third-order valence-electron chi connectivity index (χ3n) is 6.64. The third-order valence-corrected chi connectivity index (χ3v) is 8.50. The summed E-state index contributed by atoms with van der Waals surface area (Å²) in [4.78, 5) is 29.2. The summed E-state index contributed by atoms with van der Waals surface area (Å²) < 4.78 is 31.8. The van der Waals surface area contributed by atoms with Crippen molar-refractivity contribution >= 4 is 50.7 Å². The van der Waals surface area contributed by atoms with Gasteiger partial charge in [0.1, 0.15) is 11.8 Å². The van der Waals surface area contributed by atoms with Crippen molar-refractivity contribution in [2.45, 2.75) is 58.2 Å². The molecule has 2 amide bonds. The lowest BCUT2D eigenvalue weighted by Gasteiger charge is -2.34. The number of sulfonamides is 1. The predicted octanol–water partition coefficient (Wildman–Crippen LogP) is 6.10. The second kappa shape index (κ2) is 14.9. The largest absolute Gasteiger partial charge is 0.495 e. The van der Waals surface area contributed by atoms with E-state index in [9.17, 15) is 18.0 Å². The molecule has 0 saturated heterocycles. The Balaban J connectivity index is 1.91. The van der Waals surface area contributed by atoms with Crippen LogP contribution >= 0.6 is 23.2 Å². The van der Waals surface area contributed by atoms with Gasteiger partial charge in [-0.3, -0.25) is 13.9 Å². The number of carbonyl (C=O) groups is 2. The molecule has 0 aliphatic carbocycles. The van der Waals surface area contributed by atoms with Crippen molar-refractivity contribution in [1.29, 1.82) is 0 Å². The van der Waals surface area contributed by atoms with Gasteiger partial charge in [-0.1, -0.05) is 71.7 Å². The number of methoxy groups -OCH3 is 1. The molecule has 43 heavy (non-hydrogen) atoms. The van der Waals surface area contributed by atoms with Crippen molar-refractivity contribution in [2.75, 3.05) is 24.2 Å². The van der Waals surface area contributed by atoms with Gasteiger partial charge in [-0.2, -0.15) is 0 Å². The van der Waals surface area contributed by atoms with E-state index in [1.165, 1.54) is 17.5 Å². The monoisotopic (exact) mass is 647 g/mol. The zero-order valence-electron chi connectivity index (χ0n) is 25.1. The minimum Gasteiger partial charge on any atom is -0.495 e. The van der Waals surface area contributed by atoms with Crippen LogP contribution in [0.4, 0.5) is 5.69 Å². The summed E-state index contributed by atoms with van der Waals surface area (Å²) in [5.74, 6) is -0.171. The van der Waals surface area contributed by atoms with E-state index in [0.29, 0.717) is 28.4 Å². The minimum absolute atomic E-state index is 0.00551. The molecule has 3 rings (SSSR count). The Morgan fingerprint density at radius 2 is 1.60 bits per heavy atom. The molecule has 232 valence electrons. The fourth-order valence-electron chi connectivity index (χ4n) is 4.63. The van der Waals surface area contributed by atoms with Crippen LogP contribution in [0.1, 0.15) is 44.7 Å². The molecule has 0 fully saturated rings. The number of nitrogens with one attached hydrogen (secondary N) is 1. The minimum atomic E-state index is -3.69. The molecule has 0 aromatic heterocycles. The first-order chi connectivity index (χ1) is 20.2. The lowest BCUT2D eigenvalue weighted by molar-refractivity contribution is -0.142. The Kier molecular flexibility index (Phi) is 11.9. The fraction of sp³-hybridized carbons (Fsp3) is 0.375.